The summed E-state index contributed by atoms with van der Waals surface area (Å²) in [7, 11) is 0. The average Bonchev–Trinajstić information content (AvgIpc) is 2.51. The number of aromatic nitrogens is 2. The predicted octanol–water partition coefficient (Wildman–Crippen LogP) is 1.85. The van der Waals surface area contributed by atoms with Crippen molar-refractivity contribution >= 4 is 5.52 Å². The van der Waals surface area contributed by atoms with Crippen molar-refractivity contribution < 1.29 is 4.39 Å². The Balaban J connectivity index is 2.46. The SMILES string of the molecule is FCCc1ccc2ccnn2c1. The van der Waals surface area contributed by atoms with Crippen molar-refractivity contribution in [1.82, 2.24) is 9.61 Å². The van der Waals surface area contributed by atoms with Crippen LogP contribution in [0.25, 0.3) is 5.52 Å². The van der Waals surface area contributed by atoms with Gasteiger partial charge in [0, 0.05) is 18.8 Å². The second-order valence-corrected chi connectivity index (χ2v) is 2.68. The summed E-state index contributed by atoms with van der Waals surface area (Å²) >= 11 is 0. The van der Waals surface area contributed by atoms with Crippen molar-refractivity contribution in [1.29, 1.82) is 0 Å². The normalized spacial score (nSPS) is 10.8. The van der Waals surface area contributed by atoms with Gasteiger partial charge in [0.05, 0.1) is 12.2 Å². The van der Waals surface area contributed by atoms with Gasteiger partial charge in [0.25, 0.3) is 0 Å². The molecule has 0 saturated carbocycles. The molecule has 0 fully saturated rings. The largest absolute Gasteiger partial charge is 0.251 e. The van der Waals surface area contributed by atoms with Crippen LogP contribution in [0.15, 0.2) is 30.6 Å². The number of halogens is 1. The third-order valence-corrected chi connectivity index (χ3v) is 1.84. The van der Waals surface area contributed by atoms with Gasteiger partial charge in [0.2, 0.25) is 0 Å². The zero-order valence-electron chi connectivity index (χ0n) is 6.57. The topological polar surface area (TPSA) is 17.3 Å². The molecule has 0 bridgehead atoms. The molecule has 12 heavy (non-hydrogen) atoms. The summed E-state index contributed by atoms with van der Waals surface area (Å²) in [5, 5.41) is 4.06. The Hall–Kier alpha value is -1.38. The Morgan fingerprint density at radius 3 is 3.08 bits per heavy atom. The molecule has 2 aromatic rings. The fourth-order valence-corrected chi connectivity index (χ4v) is 1.21. The Labute approximate surface area is 69.6 Å². The van der Waals surface area contributed by atoms with E-state index in [1.807, 2.05) is 24.4 Å². The maximum Gasteiger partial charge on any atom is 0.0935 e. The second kappa shape index (κ2) is 2.93. The van der Waals surface area contributed by atoms with Crippen LogP contribution in [-0.2, 0) is 6.42 Å². The van der Waals surface area contributed by atoms with E-state index in [0.717, 1.165) is 11.1 Å². The molecule has 0 amide bonds. The van der Waals surface area contributed by atoms with Crippen molar-refractivity contribution in [3.63, 3.8) is 0 Å². The standard InChI is InChI=1S/C9H9FN2/c10-5-3-8-1-2-9-4-6-11-12(9)7-8/h1-2,4,6-7H,3,5H2. The molecule has 62 valence electrons. The van der Waals surface area contributed by atoms with E-state index in [1.165, 1.54) is 0 Å². The van der Waals surface area contributed by atoms with E-state index in [9.17, 15) is 4.39 Å². The Morgan fingerprint density at radius 1 is 1.33 bits per heavy atom. The number of hydrogen-bond acceptors (Lipinski definition) is 1. The highest BCUT2D eigenvalue weighted by Gasteiger charge is 1.95. The van der Waals surface area contributed by atoms with Crippen molar-refractivity contribution in [2.75, 3.05) is 6.67 Å². The zero-order valence-corrected chi connectivity index (χ0v) is 6.57. The first kappa shape index (κ1) is 7.28. The zero-order chi connectivity index (χ0) is 8.39. The summed E-state index contributed by atoms with van der Waals surface area (Å²) in [4.78, 5) is 0. The van der Waals surface area contributed by atoms with Gasteiger partial charge >= 0.3 is 0 Å². The minimum atomic E-state index is -0.313. The molecule has 0 atom stereocenters. The number of nitrogens with zero attached hydrogens (tertiary/aromatic N) is 2. The molecule has 0 aliphatic heterocycles. The maximum absolute atomic E-state index is 12.0. The van der Waals surface area contributed by atoms with Gasteiger partial charge in [0.1, 0.15) is 0 Å². The summed E-state index contributed by atoms with van der Waals surface area (Å²) in [5.74, 6) is 0. The maximum atomic E-state index is 12.0. The third-order valence-electron chi connectivity index (χ3n) is 1.84. The van der Waals surface area contributed by atoms with Crippen molar-refractivity contribution in [3.05, 3.63) is 36.2 Å². The van der Waals surface area contributed by atoms with Gasteiger partial charge in [-0.2, -0.15) is 5.10 Å². The molecule has 3 heteroatoms. The Bertz CT molecular complexity index is 381. The smallest absolute Gasteiger partial charge is 0.0935 e. The number of rotatable bonds is 2. The average molecular weight is 164 g/mol. The van der Waals surface area contributed by atoms with Crippen molar-refractivity contribution in [2.24, 2.45) is 0 Å². The lowest BCUT2D eigenvalue weighted by Gasteiger charge is -1.97. The lowest BCUT2D eigenvalue weighted by molar-refractivity contribution is 0.494. The van der Waals surface area contributed by atoms with E-state index in [1.54, 1.807) is 10.7 Å². The molecule has 0 aromatic carbocycles. The summed E-state index contributed by atoms with van der Waals surface area (Å²) in [6.45, 7) is -0.313. The van der Waals surface area contributed by atoms with Crippen LogP contribution in [0, 0.1) is 0 Å². The predicted molar refractivity (Wildman–Crippen MR) is 44.9 cm³/mol. The van der Waals surface area contributed by atoms with E-state index in [0.29, 0.717) is 6.42 Å². The van der Waals surface area contributed by atoms with E-state index < -0.39 is 0 Å². The molecule has 0 N–H and O–H groups in total. The summed E-state index contributed by atoms with van der Waals surface area (Å²) in [6.07, 6.45) is 4.05. The molecule has 0 unspecified atom stereocenters. The Kier molecular flexibility index (Phi) is 1.78. The van der Waals surface area contributed by atoms with Gasteiger partial charge in [-0.3, -0.25) is 4.39 Å². The van der Waals surface area contributed by atoms with E-state index in [2.05, 4.69) is 5.10 Å². The van der Waals surface area contributed by atoms with Crippen molar-refractivity contribution in [3.8, 4) is 0 Å². The van der Waals surface area contributed by atoms with Gasteiger partial charge < -0.3 is 0 Å². The van der Waals surface area contributed by atoms with E-state index >= 15 is 0 Å². The first-order chi connectivity index (χ1) is 5.90. The van der Waals surface area contributed by atoms with Crippen LogP contribution in [0.3, 0.4) is 0 Å². The van der Waals surface area contributed by atoms with Crippen molar-refractivity contribution in [2.45, 2.75) is 6.42 Å². The molecule has 2 aromatic heterocycles. The van der Waals surface area contributed by atoms with Gasteiger partial charge in [-0.05, 0) is 17.7 Å². The van der Waals surface area contributed by atoms with Crippen LogP contribution in [0.2, 0.25) is 0 Å². The van der Waals surface area contributed by atoms with Crippen LogP contribution in [0.1, 0.15) is 5.56 Å². The van der Waals surface area contributed by atoms with Crippen LogP contribution in [0.5, 0.6) is 0 Å². The van der Waals surface area contributed by atoms with Crippen LogP contribution >= 0.6 is 0 Å². The summed E-state index contributed by atoms with van der Waals surface area (Å²) in [6, 6.07) is 5.79. The minimum Gasteiger partial charge on any atom is -0.251 e. The van der Waals surface area contributed by atoms with Gasteiger partial charge in [-0.25, -0.2) is 4.52 Å². The van der Waals surface area contributed by atoms with Crippen LogP contribution in [0.4, 0.5) is 4.39 Å². The lowest BCUT2D eigenvalue weighted by Crippen LogP contribution is -1.92. The molecule has 0 aliphatic carbocycles. The highest BCUT2D eigenvalue weighted by molar-refractivity contribution is 5.45. The lowest BCUT2D eigenvalue weighted by atomic mass is 10.2. The number of fused-ring (bicyclic) bond motifs is 1. The number of pyridine rings is 1. The quantitative estimate of drug-likeness (QED) is 0.662. The molecular weight excluding hydrogens is 155 g/mol. The molecule has 2 rings (SSSR count). The summed E-state index contributed by atoms with van der Waals surface area (Å²) < 4.78 is 13.7. The first-order valence-electron chi connectivity index (χ1n) is 3.88. The Morgan fingerprint density at radius 2 is 2.25 bits per heavy atom. The number of aryl methyl sites for hydroxylation is 1. The van der Waals surface area contributed by atoms with Gasteiger partial charge in [-0.15, -0.1) is 0 Å². The molecule has 2 heterocycles. The van der Waals surface area contributed by atoms with Gasteiger partial charge in [-0.1, -0.05) is 6.07 Å². The minimum absolute atomic E-state index is 0.313. The molecule has 0 radical (unpaired) electrons. The first-order valence-corrected chi connectivity index (χ1v) is 3.88. The highest BCUT2D eigenvalue weighted by Crippen LogP contribution is 2.05. The van der Waals surface area contributed by atoms with Crippen LogP contribution in [-0.4, -0.2) is 16.3 Å². The fraction of sp³-hybridized carbons (Fsp3) is 0.222. The monoisotopic (exact) mass is 164 g/mol. The molecule has 2 nitrogen and oxygen atoms in total. The van der Waals surface area contributed by atoms with E-state index in [4.69, 9.17) is 0 Å². The summed E-state index contributed by atoms with van der Waals surface area (Å²) in [5.41, 5.74) is 2.02. The number of alkyl halides is 1. The van der Waals surface area contributed by atoms with Gasteiger partial charge in [0.15, 0.2) is 0 Å². The van der Waals surface area contributed by atoms with E-state index in [-0.39, 0.29) is 6.67 Å². The molecule has 0 spiro atoms. The molecule has 0 aliphatic rings. The second-order valence-electron chi connectivity index (χ2n) is 2.68. The molecular formula is C9H9FN2. The third kappa shape index (κ3) is 1.18. The highest BCUT2D eigenvalue weighted by atomic mass is 19.1. The fourth-order valence-electron chi connectivity index (χ4n) is 1.21. The number of hydrogen-bond donors (Lipinski definition) is 0. The van der Waals surface area contributed by atoms with Crippen LogP contribution < -0.4 is 0 Å². The molecule has 0 saturated heterocycles.